The lowest BCUT2D eigenvalue weighted by Crippen LogP contribution is -2.13. The van der Waals surface area contributed by atoms with Crippen molar-refractivity contribution >= 4 is 44.5 Å². The van der Waals surface area contributed by atoms with Crippen LogP contribution in [-0.4, -0.2) is 33.0 Å². The predicted octanol–water partition coefficient (Wildman–Crippen LogP) is 5.73. The number of halogens is 1. The average Bonchev–Trinajstić information content (AvgIpc) is 3.26. The Morgan fingerprint density at radius 1 is 1.00 bits per heavy atom. The van der Waals surface area contributed by atoms with Crippen molar-refractivity contribution < 1.29 is 9.53 Å². The fourth-order valence-corrected chi connectivity index (χ4v) is 4.29. The molecule has 3 aromatic heterocycles. The summed E-state index contributed by atoms with van der Waals surface area (Å²) in [5.41, 5.74) is 3.96. The average molecular weight is 474 g/mol. The Morgan fingerprint density at radius 3 is 2.64 bits per heavy atom. The number of pyridine rings is 1. The molecule has 0 radical (unpaired) electrons. The maximum Gasteiger partial charge on any atom is 0.258 e. The van der Waals surface area contributed by atoms with Crippen LogP contribution in [0.5, 0.6) is 5.75 Å². The van der Waals surface area contributed by atoms with E-state index in [1.807, 2.05) is 36.4 Å². The number of nitrogens with one attached hydrogen (secondary N) is 1. The molecule has 0 aliphatic rings. The molecule has 1 N–H and O–H groups in total. The third-order valence-electron chi connectivity index (χ3n) is 4.95. The molecule has 33 heavy (non-hydrogen) atoms. The van der Waals surface area contributed by atoms with Crippen LogP contribution in [0.4, 0.5) is 5.13 Å². The second kappa shape index (κ2) is 8.93. The van der Waals surface area contributed by atoms with E-state index in [4.69, 9.17) is 16.3 Å². The summed E-state index contributed by atoms with van der Waals surface area (Å²) in [6.45, 7) is 0. The zero-order valence-corrected chi connectivity index (χ0v) is 18.9. The van der Waals surface area contributed by atoms with Crippen molar-refractivity contribution in [2.75, 3.05) is 12.4 Å². The summed E-state index contributed by atoms with van der Waals surface area (Å²) in [4.78, 5) is 31.4. The molecular weight excluding hydrogens is 458 g/mol. The summed E-state index contributed by atoms with van der Waals surface area (Å²) in [5, 5.41) is 3.92. The molecule has 0 fully saturated rings. The van der Waals surface area contributed by atoms with E-state index in [0.29, 0.717) is 43.2 Å². The number of nitrogens with zero attached hydrogens (tertiary/aromatic N) is 4. The van der Waals surface area contributed by atoms with Crippen LogP contribution in [0, 0.1) is 0 Å². The number of para-hydroxylation sites is 1. The summed E-state index contributed by atoms with van der Waals surface area (Å²) < 4.78 is 5.45. The molecule has 9 heteroatoms. The van der Waals surface area contributed by atoms with Gasteiger partial charge in [-0.3, -0.25) is 15.1 Å². The predicted molar refractivity (Wildman–Crippen MR) is 130 cm³/mol. The number of anilines is 1. The van der Waals surface area contributed by atoms with Crippen molar-refractivity contribution in [2.24, 2.45) is 0 Å². The van der Waals surface area contributed by atoms with Gasteiger partial charge in [-0.05, 0) is 24.3 Å². The minimum atomic E-state index is -0.310. The smallest absolute Gasteiger partial charge is 0.258 e. The molecule has 0 saturated heterocycles. The highest BCUT2D eigenvalue weighted by molar-refractivity contribution is 7.21. The van der Waals surface area contributed by atoms with Gasteiger partial charge in [0, 0.05) is 34.1 Å². The third-order valence-corrected chi connectivity index (χ3v) is 6.05. The Labute approximate surface area is 198 Å². The number of hydrogen-bond acceptors (Lipinski definition) is 7. The largest absolute Gasteiger partial charge is 0.496 e. The van der Waals surface area contributed by atoms with Crippen molar-refractivity contribution in [3.05, 3.63) is 83.8 Å². The number of thiazole rings is 1. The minimum absolute atomic E-state index is 0.310. The first kappa shape index (κ1) is 21.0. The molecule has 1 amide bonds. The molecule has 162 valence electrons. The Kier molecular flexibility index (Phi) is 5.68. The fraction of sp³-hybridized carbons (Fsp3) is 0.0417. The van der Waals surface area contributed by atoms with Crippen LogP contribution in [0.15, 0.2) is 73.2 Å². The molecule has 0 aliphatic heterocycles. The van der Waals surface area contributed by atoms with Gasteiger partial charge in [0.05, 0.1) is 24.6 Å². The molecule has 0 spiro atoms. The summed E-state index contributed by atoms with van der Waals surface area (Å²) in [7, 11) is 1.59. The first-order chi connectivity index (χ1) is 16.1. The summed E-state index contributed by atoms with van der Waals surface area (Å²) in [5.74, 6) is 0.345. The lowest BCUT2D eigenvalue weighted by atomic mass is 10.0. The molecule has 0 aliphatic carbocycles. The molecule has 0 unspecified atom stereocenters. The topological polar surface area (TPSA) is 89.9 Å². The molecule has 2 aromatic carbocycles. The van der Waals surface area contributed by atoms with Gasteiger partial charge in [-0.1, -0.05) is 53.3 Å². The number of fused-ring (bicyclic) bond motifs is 1. The van der Waals surface area contributed by atoms with E-state index in [9.17, 15) is 4.79 Å². The van der Waals surface area contributed by atoms with Crippen LogP contribution in [0.3, 0.4) is 0 Å². The van der Waals surface area contributed by atoms with Crippen LogP contribution in [-0.2, 0) is 0 Å². The normalized spacial score (nSPS) is 10.8. The van der Waals surface area contributed by atoms with Gasteiger partial charge >= 0.3 is 0 Å². The monoisotopic (exact) mass is 473 g/mol. The fourth-order valence-electron chi connectivity index (χ4n) is 3.37. The number of carbonyl (C=O) groups is 1. The number of amides is 1. The van der Waals surface area contributed by atoms with Crippen molar-refractivity contribution in [1.82, 2.24) is 19.9 Å². The first-order valence-electron chi connectivity index (χ1n) is 9.90. The van der Waals surface area contributed by atoms with E-state index in [-0.39, 0.29) is 5.91 Å². The van der Waals surface area contributed by atoms with Crippen LogP contribution in [0.25, 0.3) is 32.9 Å². The van der Waals surface area contributed by atoms with Gasteiger partial charge in [0.25, 0.3) is 5.91 Å². The summed E-state index contributed by atoms with van der Waals surface area (Å²) >= 11 is 7.23. The van der Waals surface area contributed by atoms with Crippen molar-refractivity contribution in [2.45, 2.75) is 0 Å². The molecule has 5 aromatic rings. The number of methoxy groups -OCH3 is 1. The molecule has 5 rings (SSSR count). The number of carbonyl (C=O) groups excluding carboxylic acids is 1. The van der Waals surface area contributed by atoms with Crippen molar-refractivity contribution in [3.8, 4) is 28.1 Å². The van der Waals surface area contributed by atoms with Crippen molar-refractivity contribution in [3.63, 3.8) is 0 Å². The second-order valence-electron chi connectivity index (χ2n) is 6.99. The lowest BCUT2D eigenvalue weighted by molar-refractivity contribution is 0.102. The maximum atomic E-state index is 13.1. The molecule has 7 nitrogen and oxygen atoms in total. The Hall–Kier alpha value is -3.88. The van der Waals surface area contributed by atoms with Crippen LogP contribution in [0.1, 0.15) is 10.4 Å². The molecule has 3 heterocycles. The number of hydrogen-bond donors (Lipinski definition) is 1. The Morgan fingerprint density at radius 2 is 1.82 bits per heavy atom. The Balaban J connectivity index is 1.45. The van der Waals surface area contributed by atoms with E-state index < -0.39 is 0 Å². The SMILES string of the molecule is COc1ccccc1-c1cnccc1C(=O)Nc1nc2ncc(-c3ccc(Cl)cc3)nc2s1. The number of aromatic nitrogens is 4. The molecule has 0 bridgehead atoms. The van der Waals surface area contributed by atoms with E-state index in [2.05, 4.69) is 25.3 Å². The van der Waals surface area contributed by atoms with E-state index >= 15 is 0 Å². The van der Waals surface area contributed by atoms with E-state index in [0.717, 1.165) is 11.1 Å². The highest BCUT2D eigenvalue weighted by Crippen LogP contribution is 2.32. The van der Waals surface area contributed by atoms with Crippen LogP contribution in [0.2, 0.25) is 5.02 Å². The molecule has 0 atom stereocenters. The van der Waals surface area contributed by atoms with Gasteiger partial charge in [0.1, 0.15) is 5.75 Å². The van der Waals surface area contributed by atoms with Gasteiger partial charge < -0.3 is 4.74 Å². The first-order valence-corrected chi connectivity index (χ1v) is 11.1. The van der Waals surface area contributed by atoms with E-state index in [1.54, 1.807) is 43.9 Å². The number of ether oxygens (including phenoxy) is 1. The van der Waals surface area contributed by atoms with Gasteiger partial charge in [-0.25, -0.2) is 9.97 Å². The van der Waals surface area contributed by atoms with Gasteiger partial charge in [-0.2, -0.15) is 4.98 Å². The zero-order valence-electron chi connectivity index (χ0n) is 17.3. The Bertz CT molecular complexity index is 1470. The highest BCUT2D eigenvalue weighted by atomic mass is 35.5. The lowest BCUT2D eigenvalue weighted by Gasteiger charge is -2.11. The van der Waals surface area contributed by atoms with Gasteiger partial charge in [0.2, 0.25) is 0 Å². The maximum absolute atomic E-state index is 13.1. The molecule has 0 saturated carbocycles. The van der Waals surface area contributed by atoms with Gasteiger partial charge in [-0.15, -0.1) is 0 Å². The molecular formula is C24H16ClN5O2S. The quantitative estimate of drug-likeness (QED) is 0.350. The standard InChI is InChI=1S/C24H16ClN5O2S/c1-32-20-5-3-2-4-16(20)18-12-26-11-10-17(18)22(31)30-24-29-21-23(33-24)28-19(13-27-21)14-6-8-15(25)9-7-14/h2-13H,1H3,(H,27,29,30,31). The number of benzene rings is 2. The zero-order chi connectivity index (χ0) is 22.8. The van der Waals surface area contributed by atoms with Crippen LogP contribution >= 0.6 is 22.9 Å². The van der Waals surface area contributed by atoms with E-state index in [1.165, 1.54) is 11.3 Å². The summed E-state index contributed by atoms with van der Waals surface area (Å²) in [6, 6.07) is 16.5. The van der Waals surface area contributed by atoms with Crippen LogP contribution < -0.4 is 10.1 Å². The third kappa shape index (κ3) is 4.26. The van der Waals surface area contributed by atoms with Crippen molar-refractivity contribution in [1.29, 1.82) is 0 Å². The number of rotatable bonds is 5. The highest BCUT2D eigenvalue weighted by Gasteiger charge is 2.18. The second-order valence-corrected chi connectivity index (χ2v) is 8.40. The summed E-state index contributed by atoms with van der Waals surface area (Å²) in [6.07, 6.45) is 4.87. The minimum Gasteiger partial charge on any atom is -0.496 e. The van der Waals surface area contributed by atoms with Gasteiger partial charge in [0.15, 0.2) is 15.6 Å².